The Labute approximate surface area is 186 Å². The summed E-state index contributed by atoms with van der Waals surface area (Å²) >= 11 is 5.92. The summed E-state index contributed by atoms with van der Waals surface area (Å²) in [6.07, 6.45) is 0. The molecule has 2 aliphatic rings. The van der Waals surface area contributed by atoms with E-state index in [2.05, 4.69) is 10.2 Å². The number of sulfonamides is 1. The van der Waals surface area contributed by atoms with Crippen molar-refractivity contribution in [2.45, 2.75) is 4.90 Å². The van der Waals surface area contributed by atoms with E-state index < -0.39 is 10.0 Å². The number of nitrogens with zero attached hydrogens (tertiary/aromatic N) is 2. The lowest BCUT2D eigenvalue weighted by molar-refractivity contribution is 0.0730. The normalized spacial score (nSPS) is 18.0. The van der Waals surface area contributed by atoms with Gasteiger partial charge in [0.1, 0.15) is 0 Å². The molecule has 8 nitrogen and oxygen atoms in total. The van der Waals surface area contributed by atoms with Crippen LogP contribution in [-0.2, 0) is 19.5 Å². The Bertz CT molecular complexity index is 1030. The summed E-state index contributed by atoms with van der Waals surface area (Å²) in [7, 11) is -3.70. The van der Waals surface area contributed by atoms with Crippen molar-refractivity contribution in [1.29, 1.82) is 0 Å². The lowest BCUT2D eigenvalue weighted by Gasteiger charge is -2.31. The Kier molecular flexibility index (Phi) is 6.78. The maximum absolute atomic E-state index is 13.1. The average Bonchev–Trinajstić information content (AvgIpc) is 2.80. The fraction of sp³-hybridized carbons (Fsp3) is 0.381. The lowest BCUT2D eigenvalue weighted by atomic mass is 10.2. The third kappa shape index (κ3) is 5.02. The fourth-order valence-corrected chi connectivity index (χ4v) is 5.15. The van der Waals surface area contributed by atoms with Crippen LogP contribution in [0.2, 0.25) is 5.02 Å². The standard InChI is InChI=1S/C21H24ClN3O5S/c22-17-3-1-16(2-4-17)21(26)23-19-15-18(31(27,28)25-9-13-30-14-10-25)5-6-20(19)24-7-11-29-12-8-24/h1-6,15H,7-14H2,(H,23,26). The van der Waals surface area contributed by atoms with Gasteiger partial charge in [-0.2, -0.15) is 4.31 Å². The summed E-state index contributed by atoms with van der Waals surface area (Å²) < 4.78 is 38.4. The van der Waals surface area contributed by atoms with Crippen molar-refractivity contribution < 1.29 is 22.7 Å². The number of benzene rings is 2. The zero-order valence-electron chi connectivity index (χ0n) is 16.9. The van der Waals surface area contributed by atoms with E-state index in [0.29, 0.717) is 68.9 Å². The summed E-state index contributed by atoms with van der Waals surface area (Å²) in [5.41, 5.74) is 1.63. The molecular weight excluding hydrogens is 442 g/mol. The molecule has 0 aliphatic carbocycles. The van der Waals surface area contributed by atoms with Crippen LogP contribution in [0.3, 0.4) is 0 Å². The second-order valence-corrected chi connectivity index (χ2v) is 9.63. The number of anilines is 2. The Morgan fingerprint density at radius 2 is 1.52 bits per heavy atom. The minimum Gasteiger partial charge on any atom is -0.379 e. The van der Waals surface area contributed by atoms with Crippen molar-refractivity contribution in [2.24, 2.45) is 0 Å². The van der Waals surface area contributed by atoms with Crippen molar-refractivity contribution in [3.63, 3.8) is 0 Å². The summed E-state index contributed by atoms with van der Waals surface area (Å²) in [6, 6.07) is 11.4. The average molecular weight is 466 g/mol. The molecule has 1 amide bonds. The van der Waals surface area contributed by atoms with Gasteiger partial charge in [-0.1, -0.05) is 11.6 Å². The van der Waals surface area contributed by atoms with E-state index in [4.69, 9.17) is 21.1 Å². The predicted molar refractivity (Wildman–Crippen MR) is 118 cm³/mol. The van der Waals surface area contributed by atoms with Gasteiger partial charge in [0.2, 0.25) is 10.0 Å². The van der Waals surface area contributed by atoms with E-state index in [1.54, 1.807) is 36.4 Å². The molecule has 166 valence electrons. The number of morpholine rings is 2. The molecule has 2 aromatic carbocycles. The first-order chi connectivity index (χ1) is 14.9. The van der Waals surface area contributed by atoms with E-state index >= 15 is 0 Å². The molecule has 2 heterocycles. The first-order valence-corrected chi connectivity index (χ1v) is 11.9. The number of ether oxygens (including phenoxy) is 2. The van der Waals surface area contributed by atoms with Crippen LogP contribution in [0, 0.1) is 0 Å². The van der Waals surface area contributed by atoms with Crippen LogP contribution >= 0.6 is 11.6 Å². The summed E-state index contributed by atoms with van der Waals surface area (Å²) in [5.74, 6) is -0.341. The van der Waals surface area contributed by atoms with Crippen LogP contribution in [0.5, 0.6) is 0 Å². The largest absolute Gasteiger partial charge is 0.379 e. The predicted octanol–water partition coefficient (Wildman–Crippen LogP) is 2.45. The van der Waals surface area contributed by atoms with Crippen LogP contribution in [0.1, 0.15) is 10.4 Å². The molecule has 2 fully saturated rings. The quantitative estimate of drug-likeness (QED) is 0.729. The van der Waals surface area contributed by atoms with E-state index in [-0.39, 0.29) is 10.8 Å². The molecule has 0 spiro atoms. The Balaban J connectivity index is 1.67. The molecule has 0 atom stereocenters. The van der Waals surface area contributed by atoms with Crippen LogP contribution in [0.25, 0.3) is 0 Å². The van der Waals surface area contributed by atoms with Gasteiger partial charge >= 0.3 is 0 Å². The van der Waals surface area contributed by atoms with E-state index in [0.717, 1.165) is 5.69 Å². The zero-order valence-corrected chi connectivity index (χ0v) is 18.5. The first kappa shape index (κ1) is 22.0. The SMILES string of the molecule is O=C(Nc1cc(S(=O)(=O)N2CCOCC2)ccc1N1CCOCC1)c1ccc(Cl)cc1. The Morgan fingerprint density at radius 3 is 2.16 bits per heavy atom. The number of hydrogen-bond donors (Lipinski definition) is 1. The summed E-state index contributed by atoms with van der Waals surface area (Å²) in [6.45, 7) is 3.78. The second kappa shape index (κ2) is 9.54. The van der Waals surface area contributed by atoms with Crippen LogP contribution < -0.4 is 10.2 Å². The molecule has 31 heavy (non-hydrogen) atoms. The van der Waals surface area contributed by atoms with Crippen molar-refractivity contribution in [2.75, 3.05) is 62.8 Å². The number of carbonyl (C=O) groups is 1. The highest BCUT2D eigenvalue weighted by Crippen LogP contribution is 2.31. The highest BCUT2D eigenvalue weighted by atomic mass is 35.5. The van der Waals surface area contributed by atoms with Crippen molar-refractivity contribution >= 4 is 38.9 Å². The monoisotopic (exact) mass is 465 g/mol. The Morgan fingerprint density at radius 1 is 0.903 bits per heavy atom. The minimum absolute atomic E-state index is 0.137. The number of carbonyl (C=O) groups excluding carboxylic acids is 1. The molecule has 0 radical (unpaired) electrons. The number of rotatable bonds is 5. The molecular formula is C21H24ClN3O5S. The van der Waals surface area contributed by atoms with Crippen LogP contribution in [-0.4, -0.2) is 71.2 Å². The van der Waals surface area contributed by atoms with Gasteiger partial charge < -0.3 is 19.7 Å². The lowest BCUT2D eigenvalue weighted by Crippen LogP contribution is -2.40. The highest BCUT2D eigenvalue weighted by Gasteiger charge is 2.28. The van der Waals surface area contributed by atoms with Gasteiger partial charge in [-0.15, -0.1) is 0 Å². The third-order valence-corrected chi connectivity index (χ3v) is 7.43. The maximum Gasteiger partial charge on any atom is 0.255 e. The second-order valence-electron chi connectivity index (χ2n) is 7.26. The van der Waals surface area contributed by atoms with Crippen LogP contribution in [0.15, 0.2) is 47.4 Å². The van der Waals surface area contributed by atoms with Crippen molar-refractivity contribution in [1.82, 2.24) is 4.31 Å². The van der Waals surface area contributed by atoms with Crippen molar-refractivity contribution in [3.8, 4) is 0 Å². The molecule has 2 aromatic rings. The molecule has 0 bridgehead atoms. The molecule has 0 saturated carbocycles. The van der Waals surface area contributed by atoms with Gasteiger partial charge in [0, 0.05) is 36.8 Å². The first-order valence-electron chi connectivity index (χ1n) is 10.1. The van der Waals surface area contributed by atoms with Gasteiger partial charge in [0.25, 0.3) is 5.91 Å². The van der Waals surface area contributed by atoms with E-state index in [1.807, 2.05) is 0 Å². The third-order valence-electron chi connectivity index (χ3n) is 5.28. The van der Waals surface area contributed by atoms with E-state index in [1.165, 1.54) is 10.4 Å². The van der Waals surface area contributed by atoms with Crippen molar-refractivity contribution in [3.05, 3.63) is 53.1 Å². The van der Waals surface area contributed by atoms with Gasteiger partial charge in [-0.25, -0.2) is 8.42 Å². The minimum atomic E-state index is -3.70. The molecule has 4 rings (SSSR count). The molecule has 1 N–H and O–H groups in total. The number of hydrogen-bond acceptors (Lipinski definition) is 6. The molecule has 0 aromatic heterocycles. The molecule has 0 unspecified atom stereocenters. The topological polar surface area (TPSA) is 88.2 Å². The fourth-order valence-electron chi connectivity index (χ4n) is 3.59. The van der Waals surface area contributed by atoms with Gasteiger partial charge in [0.15, 0.2) is 0 Å². The zero-order chi connectivity index (χ0) is 21.8. The number of amides is 1. The van der Waals surface area contributed by atoms with Gasteiger partial charge in [-0.3, -0.25) is 4.79 Å². The summed E-state index contributed by atoms with van der Waals surface area (Å²) in [5, 5.41) is 3.42. The molecule has 2 saturated heterocycles. The smallest absolute Gasteiger partial charge is 0.255 e. The number of nitrogens with one attached hydrogen (secondary N) is 1. The molecule has 2 aliphatic heterocycles. The summed E-state index contributed by atoms with van der Waals surface area (Å²) in [4.78, 5) is 15.1. The number of halogens is 1. The van der Waals surface area contributed by atoms with Gasteiger partial charge in [0.05, 0.1) is 42.7 Å². The molecule has 10 heteroatoms. The Hall–Kier alpha value is -2.17. The highest BCUT2D eigenvalue weighted by molar-refractivity contribution is 7.89. The van der Waals surface area contributed by atoms with Crippen LogP contribution in [0.4, 0.5) is 11.4 Å². The van der Waals surface area contributed by atoms with E-state index in [9.17, 15) is 13.2 Å². The maximum atomic E-state index is 13.1. The van der Waals surface area contributed by atoms with Gasteiger partial charge in [-0.05, 0) is 42.5 Å².